The molecular weight excluding hydrogens is 534 g/mol. The van der Waals surface area contributed by atoms with E-state index in [-0.39, 0.29) is 37.4 Å². The van der Waals surface area contributed by atoms with Crippen LogP contribution in [0.15, 0.2) is 59.5 Å². The highest BCUT2D eigenvalue weighted by Gasteiger charge is 2.40. The number of carbonyl (C=O) groups is 1. The summed E-state index contributed by atoms with van der Waals surface area (Å²) in [5, 5.41) is 31.0. The van der Waals surface area contributed by atoms with Crippen LogP contribution in [0.5, 0.6) is 5.75 Å². The van der Waals surface area contributed by atoms with Crippen molar-refractivity contribution in [1.82, 2.24) is 9.21 Å². The Morgan fingerprint density at radius 1 is 1.20 bits per heavy atom. The Labute approximate surface area is 236 Å². The summed E-state index contributed by atoms with van der Waals surface area (Å²) >= 11 is 0. The lowest BCUT2D eigenvalue weighted by molar-refractivity contribution is 0.0143. The minimum absolute atomic E-state index is 0.0236. The molecule has 0 spiro atoms. The third-order valence-electron chi connectivity index (χ3n) is 7.21. The predicted octanol–water partition coefficient (Wildman–Crippen LogP) is 3.76. The van der Waals surface area contributed by atoms with E-state index in [1.165, 1.54) is 28.4 Å². The fraction of sp³-hybridized carbons (Fsp3) is 0.517. The van der Waals surface area contributed by atoms with Gasteiger partial charge >= 0.3 is 6.09 Å². The molecule has 0 radical (unpaired) electrons. The van der Waals surface area contributed by atoms with Crippen molar-refractivity contribution in [3.63, 3.8) is 0 Å². The van der Waals surface area contributed by atoms with E-state index >= 15 is 0 Å². The number of hydrogen-bond acceptors (Lipinski definition) is 7. The Hall–Kier alpha value is -3.17. The number of nitriles is 1. The van der Waals surface area contributed by atoms with Crippen LogP contribution < -0.4 is 4.74 Å². The maximum atomic E-state index is 13.9. The van der Waals surface area contributed by atoms with Crippen LogP contribution in [0.3, 0.4) is 0 Å². The summed E-state index contributed by atoms with van der Waals surface area (Å²) in [6, 6.07) is 15.9. The third kappa shape index (κ3) is 8.17. The molecule has 0 saturated carbocycles. The lowest BCUT2D eigenvalue weighted by Gasteiger charge is -2.39. The molecule has 0 bridgehead atoms. The summed E-state index contributed by atoms with van der Waals surface area (Å²) < 4.78 is 39.7. The summed E-state index contributed by atoms with van der Waals surface area (Å²) in [4.78, 5) is 13.8. The lowest BCUT2D eigenvalue weighted by Crippen LogP contribution is -2.56. The van der Waals surface area contributed by atoms with Gasteiger partial charge in [-0.1, -0.05) is 44.2 Å². The Morgan fingerprint density at radius 2 is 1.88 bits per heavy atom. The zero-order valence-corrected chi connectivity index (χ0v) is 24.1. The van der Waals surface area contributed by atoms with E-state index in [0.717, 1.165) is 5.56 Å². The topological polar surface area (TPSA) is 140 Å². The van der Waals surface area contributed by atoms with Crippen LogP contribution >= 0.6 is 0 Å². The number of amides is 1. The number of aliphatic hydroxyl groups excluding tert-OH is 1. The van der Waals surface area contributed by atoms with E-state index < -0.39 is 39.7 Å². The molecule has 11 heteroatoms. The SMILES string of the molecule is COc1ccc(S(=O)(=O)N(C[C@@H](O)[C@H](Cc2ccccc2)N(C(=O)O)[C@H]2CCOC2)CC(C)(C)CCC#N)cc1. The smallest absolute Gasteiger partial charge is 0.407 e. The summed E-state index contributed by atoms with van der Waals surface area (Å²) in [6.07, 6.45) is -1.18. The highest BCUT2D eigenvalue weighted by atomic mass is 32.2. The number of sulfonamides is 1. The van der Waals surface area contributed by atoms with Crippen LogP contribution in [0.1, 0.15) is 38.7 Å². The number of aliphatic hydroxyl groups is 1. The number of hydrogen-bond donors (Lipinski definition) is 2. The zero-order valence-electron chi connectivity index (χ0n) is 23.3. The number of carboxylic acid groups (broad SMARTS) is 1. The molecule has 0 aromatic heterocycles. The van der Waals surface area contributed by atoms with Gasteiger partial charge in [0.1, 0.15) is 5.75 Å². The Bertz CT molecular complexity index is 1240. The van der Waals surface area contributed by atoms with Crippen LogP contribution in [0.4, 0.5) is 4.79 Å². The number of nitrogens with zero attached hydrogens (tertiary/aromatic N) is 3. The van der Waals surface area contributed by atoms with Crippen molar-refractivity contribution in [3.05, 3.63) is 60.2 Å². The average molecular weight is 574 g/mol. The molecule has 1 aliphatic rings. The van der Waals surface area contributed by atoms with Crippen LogP contribution in [0.2, 0.25) is 0 Å². The van der Waals surface area contributed by atoms with Crippen LogP contribution in [0, 0.1) is 16.7 Å². The van der Waals surface area contributed by atoms with Gasteiger partial charge in [-0.15, -0.1) is 0 Å². The van der Waals surface area contributed by atoms with Gasteiger partial charge < -0.3 is 19.7 Å². The second-order valence-electron chi connectivity index (χ2n) is 10.8. The quantitative estimate of drug-likeness (QED) is 0.348. The Balaban J connectivity index is 2.00. The second kappa shape index (κ2) is 13.9. The molecule has 0 unspecified atom stereocenters. The van der Waals surface area contributed by atoms with E-state index in [1.807, 2.05) is 44.2 Å². The molecule has 3 atom stereocenters. The van der Waals surface area contributed by atoms with Gasteiger partial charge in [-0.05, 0) is 54.5 Å². The van der Waals surface area contributed by atoms with Gasteiger partial charge in [-0.2, -0.15) is 9.57 Å². The van der Waals surface area contributed by atoms with E-state index in [0.29, 0.717) is 25.2 Å². The molecule has 10 nitrogen and oxygen atoms in total. The van der Waals surface area contributed by atoms with Crippen molar-refractivity contribution in [1.29, 1.82) is 5.26 Å². The van der Waals surface area contributed by atoms with Gasteiger partial charge in [0.15, 0.2) is 0 Å². The van der Waals surface area contributed by atoms with Gasteiger partial charge in [-0.25, -0.2) is 13.2 Å². The molecule has 1 amide bonds. The minimum Gasteiger partial charge on any atom is -0.497 e. The molecule has 1 saturated heterocycles. The third-order valence-corrected chi connectivity index (χ3v) is 9.04. The molecule has 218 valence electrons. The summed E-state index contributed by atoms with van der Waals surface area (Å²) in [7, 11) is -2.62. The van der Waals surface area contributed by atoms with E-state index in [2.05, 4.69) is 6.07 Å². The first-order valence-corrected chi connectivity index (χ1v) is 14.7. The molecule has 2 aromatic rings. The summed E-state index contributed by atoms with van der Waals surface area (Å²) in [5.41, 5.74) is 0.228. The monoisotopic (exact) mass is 573 g/mol. The van der Waals surface area contributed by atoms with Gasteiger partial charge in [-0.3, -0.25) is 4.90 Å². The van der Waals surface area contributed by atoms with E-state index in [1.54, 1.807) is 12.1 Å². The molecule has 2 aromatic carbocycles. The average Bonchev–Trinajstić information content (AvgIpc) is 3.46. The van der Waals surface area contributed by atoms with E-state index in [4.69, 9.17) is 14.7 Å². The van der Waals surface area contributed by atoms with Gasteiger partial charge in [0.25, 0.3) is 0 Å². The number of methoxy groups -OCH3 is 1. The standard InChI is InChI=1S/C29H39N3O7S/c1-29(2,15-7-16-30)21-31(40(36,37)25-12-10-24(38-3)11-13-25)19-27(33)26(18-22-8-5-4-6-9-22)32(28(34)35)23-14-17-39-20-23/h4-6,8-13,23,26-27,33H,7,14-15,17-21H2,1-3H3,(H,34,35)/t23-,26-,27+/m0/s1. The summed E-state index contributed by atoms with van der Waals surface area (Å²) in [6.45, 7) is 4.05. The summed E-state index contributed by atoms with van der Waals surface area (Å²) in [5.74, 6) is 0.499. The molecule has 1 heterocycles. The maximum absolute atomic E-state index is 13.9. The molecule has 1 fully saturated rings. The highest BCUT2D eigenvalue weighted by molar-refractivity contribution is 7.89. The van der Waals surface area contributed by atoms with E-state index in [9.17, 15) is 23.4 Å². The molecule has 3 rings (SSSR count). The van der Waals surface area contributed by atoms with Gasteiger partial charge in [0.2, 0.25) is 10.0 Å². The number of rotatable bonds is 14. The maximum Gasteiger partial charge on any atom is 0.407 e. The predicted molar refractivity (Wildman–Crippen MR) is 149 cm³/mol. The van der Waals surface area contributed by atoms with Crippen molar-refractivity contribution in [2.75, 3.05) is 33.4 Å². The molecule has 2 N–H and O–H groups in total. The Kier molecular flexibility index (Phi) is 10.9. The first-order chi connectivity index (χ1) is 19.0. The van der Waals surface area contributed by atoms with Crippen molar-refractivity contribution < 1.29 is 32.9 Å². The number of ether oxygens (including phenoxy) is 2. The van der Waals surface area contributed by atoms with Crippen molar-refractivity contribution in [2.24, 2.45) is 5.41 Å². The van der Waals surface area contributed by atoms with Crippen molar-refractivity contribution in [2.45, 2.75) is 62.6 Å². The Morgan fingerprint density at radius 3 is 2.42 bits per heavy atom. The van der Waals surface area contributed by atoms with Crippen molar-refractivity contribution >= 4 is 16.1 Å². The first-order valence-electron chi connectivity index (χ1n) is 13.3. The fourth-order valence-electron chi connectivity index (χ4n) is 5.01. The molecular formula is C29H39N3O7S. The molecule has 0 aliphatic carbocycles. The highest BCUT2D eigenvalue weighted by Crippen LogP contribution is 2.29. The van der Waals surface area contributed by atoms with Gasteiger partial charge in [0.05, 0.1) is 42.9 Å². The normalized spacial score (nSPS) is 17.2. The largest absolute Gasteiger partial charge is 0.497 e. The van der Waals surface area contributed by atoms with Gasteiger partial charge in [0, 0.05) is 26.1 Å². The first kappa shape index (κ1) is 31.4. The lowest BCUT2D eigenvalue weighted by atomic mass is 9.88. The van der Waals surface area contributed by atoms with Crippen molar-refractivity contribution in [3.8, 4) is 11.8 Å². The molecule has 1 aliphatic heterocycles. The van der Waals surface area contributed by atoms with Crippen LogP contribution in [-0.2, 0) is 21.2 Å². The minimum atomic E-state index is -4.11. The second-order valence-corrected chi connectivity index (χ2v) is 12.8. The zero-order chi connectivity index (χ0) is 29.3. The fourth-order valence-corrected chi connectivity index (χ4v) is 6.66. The molecule has 40 heavy (non-hydrogen) atoms. The number of benzene rings is 2. The van der Waals surface area contributed by atoms with Crippen LogP contribution in [0.25, 0.3) is 0 Å². The van der Waals surface area contributed by atoms with Crippen LogP contribution in [-0.4, -0.2) is 85.5 Å².